The molecule has 98 valence electrons. The summed E-state index contributed by atoms with van der Waals surface area (Å²) < 4.78 is 5.30. The van der Waals surface area contributed by atoms with Crippen LogP contribution >= 0.6 is 0 Å². The third-order valence-corrected chi connectivity index (χ3v) is 3.91. The summed E-state index contributed by atoms with van der Waals surface area (Å²) in [6.45, 7) is 3.59. The lowest BCUT2D eigenvalue weighted by Crippen LogP contribution is -2.22. The summed E-state index contributed by atoms with van der Waals surface area (Å²) in [6.07, 6.45) is 8.34. The molecule has 0 heterocycles. The van der Waals surface area contributed by atoms with Crippen molar-refractivity contribution >= 4 is 12.0 Å². The molecule has 0 radical (unpaired) electrons. The van der Waals surface area contributed by atoms with Crippen molar-refractivity contribution in [3.8, 4) is 0 Å². The number of rotatable bonds is 1. The number of fused-ring (bicyclic) bond motifs is 3. The number of carbonyl (C=O) groups excluding carboxylic acids is 1. The zero-order chi connectivity index (χ0) is 13.4. The van der Waals surface area contributed by atoms with Gasteiger partial charge in [0.1, 0.15) is 6.10 Å². The minimum absolute atomic E-state index is 0.0552. The number of hydrogen-bond acceptors (Lipinski definition) is 2. The summed E-state index contributed by atoms with van der Waals surface area (Å²) in [4.78, 5) is 11.0. The van der Waals surface area contributed by atoms with E-state index in [-0.39, 0.29) is 12.1 Å². The number of esters is 1. The summed E-state index contributed by atoms with van der Waals surface area (Å²) in [6, 6.07) is 6.65. The third-order valence-electron chi connectivity index (χ3n) is 3.91. The van der Waals surface area contributed by atoms with Crippen LogP contribution in [0.15, 0.2) is 35.9 Å². The van der Waals surface area contributed by atoms with Crippen LogP contribution in [0, 0.1) is 6.92 Å². The molecule has 2 atom stereocenters. The van der Waals surface area contributed by atoms with Crippen molar-refractivity contribution in [1.82, 2.24) is 0 Å². The Morgan fingerprint density at radius 2 is 2.11 bits per heavy atom. The molecule has 0 spiro atoms. The molecule has 2 aliphatic carbocycles. The first-order chi connectivity index (χ1) is 9.13. The van der Waals surface area contributed by atoms with Crippen molar-refractivity contribution in [2.45, 2.75) is 38.7 Å². The second kappa shape index (κ2) is 4.69. The molecule has 1 unspecified atom stereocenters. The average molecular weight is 254 g/mol. The Kier molecular flexibility index (Phi) is 3.02. The van der Waals surface area contributed by atoms with Gasteiger partial charge in [0.15, 0.2) is 0 Å². The van der Waals surface area contributed by atoms with Crippen LogP contribution in [-0.2, 0) is 9.53 Å². The summed E-state index contributed by atoms with van der Waals surface area (Å²) >= 11 is 0. The predicted molar refractivity (Wildman–Crippen MR) is 75.8 cm³/mol. The van der Waals surface area contributed by atoms with Crippen molar-refractivity contribution in [2.24, 2.45) is 0 Å². The van der Waals surface area contributed by atoms with Gasteiger partial charge in [-0.05, 0) is 42.5 Å². The minimum Gasteiger partial charge on any atom is -0.458 e. The fourth-order valence-electron chi connectivity index (χ4n) is 3.07. The molecule has 0 fully saturated rings. The van der Waals surface area contributed by atoms with Gasteiger partial charge in [0, 0.05) is 12.8 Å². The van der Waals surface area contributed by atoms with Crippen LogP contribution in [0.1, 0.15) is 42.4 Å². The fourth-order valence-corrected chi connectivity index (χ4v) is 3.07. The summed E-state index contributed by atoms with van der Waals surface area (Å²) in [5.41, 5.74) is 5.31. The van der Waals surface area contributed by atoms with Crippen LogP contribution < -0.4 is 0 Å². The molecule has 2 aliphatic rings. The molecule has 0 aromatic heterocycles. The molecule has 0 bridgehead atoms. The lowest BCUT2D eigenvalue weighted by Gasteiger charge is -2.31. The smallest absolute Gasteiger partial charge is 0.303 e. The second-order valence-electron chi connectivity index (χ2n) is 5.41. The van der Waals surface area contributed by atoms with E-state index in [9.17, 15) is 4.79 Å². The average Bonchev–Trinajstić information content (AvgIpc) is 2.37. The molecule has 0 saturated heterocycles. The zero-order valence-corrected chi connectivity index (χ0v) is 11.3. The topological polar surface area (TPSA) is 26.3 Å². The van der Waals surface area contributed by atoms with E-state index in [0.717, 1.165) is 12.8 Å². The highest BCUT2D eigenvalue weighted by Gasteiger charge is 2.27. The van der Waals surface area contributed by atoms with Gasteiger partial charge < -0.3 is 4.74 Å². The Hall–Kier alpha value is -1.83. The number of hydrogen-bond donors (Lipinski definition) is 0. The zero-order valence-electron chi connectivity index (χ0n) is 11.3. The normalized spacial score (nSPS) is 24.2. The summed E-state index contributed by atoms with van der Waals surface area (Å²) in [7, 11) is 0. The monoisotopic (exact) mass is 254 g/mol. The maximum Gasteiger partial charge on any atom is 0.303 e. The second-order valence-corrected chi connectivity index (χ2v) is 5.41. The molecule has 0 amide bonds. The SMILES string of the molecule is CC(=O)O[C@H]1C=C2C=Cc3cc(C)ccc3C2CC1. The van der Waals surface area contributed by atoms with E-state index in [1.54, 1.807) is 0 Å². The minimum atomic E-state index is -0.198. The van der Waals surface area contributed by atoms with Gasteiger partial charge >= 0.3 is 5.97 Å². The van der Waals surface area contributed by atoms with E-state index in [2.05, 4.69) is 43.4 Å². The van der Waals surface area contributed by atoms with Crippen LogP contribution in [0.5, 0.6) is 0 Å². The maximum atomic E-state index is 11.0. The largest absolute Gasteiger partial charge is 0.458 e. The van der Waals surface area contributed by atoms with Crippen LogP contribution in [0.3, 0.4) is 0 Å². The molecule has 0 saturated carbocycles. The number of allylic oxidation sites excluding steroid dienone is 2. The molecule has 1 aromatic rings. The standard InChI is InChI=1S/C17H18O2/c1-11-3-7-16-13(9-11)4-5-14-10-15(19-12(2)18)6-8-17(14)16/h3-5,7,9-10,15,17H,6,8H2,1-2H3/t15-,17?/m1/s1. The highest BCUT2D eigenvalue weighted by Crippen LogP contribution is 2.41. The van der Waals surface area contributed by atoms with E-state index in [4.69, 9.17) is 4.74 Å². The van der Waals surface area contributed by atoms with E-state index in [1.165, 1.54) is 29.2 Å². The summed E-state index contributed by atoms with van der Waals surface area (Å²) in [5.74, 6) is 0.267. The van der Waals surface area contributed by atoms with Crippen molar-refractivity contribution < 1.29 is 9.53 Å². The van der Waals surface area contributed by atoms with Crippen LogP contribution in [0.4, 0.5) is 0 Å². The number of aryl methyl sites for hydroxylation is 1. The van der Waals surface area contributed by atoms with Crippen molar-refractivity contribution in [2.75, 3.05) is 0 Å². The van der Waals surface area contributed by atoms with Gasteiger partial charge in [0.2, 0.25) is 0 Å². The number of carbonyl (C=O) groups is 1. The molecular formula is C17H18O2. The molecule has 3 rings (SSSR count). The first-order valence-corrected chi connectivity index (χ1v) is 6.81. The van der Waals surface area contributed by atoms with Gasteiger partial charge in [0.05, 0.1) is 0 Å². The Labute approximate surface area is 113 Å². The summed E-state index contributed by atoms with van der Waals surface area (Å²) in [5, 5.41) is 0. The van der Waals surface area contributed by atoms with Gasteiger partial charge in [-0.1, -0.05) is 35.9 Å². The lowest BCUT2D eigenvalue weighted by molar-refractivity contribution is -0.144. The van der Waals surface area contributed by atoms with E-state index < -0.39 is 0 Å². The lowest BCUT2D eigenvalue weighted by atomic mass is 9.76. The quantitative estimate of drug-likeness (QED) is 0.713. The van der Waals surface area contributed by atoms with Crippen LogP contribution in [0.25, 0.3) is 6.08 Å². The molecule has 0 N–H and O–H groups in total. The molecule has 2 heteroatoms. The van der Waals surface area contributed by atoms with Crippen LogP contribution in [-0.4, -0.2) is 12.1 Å². The Morgan fingerprint density at radius 1 is 1.26 bits per heavy atom. The van der Waals surface area contributed by atoms with Gasteiger partial charge in [0.25, 0.3) is 0 Å². The predicted octanol–water partition coefficient (Wildman–Crippen LogP) is 3.76. The van der Waals surface area contributed by atoms with Crippen molar-refractivity contribution in [3.63, 3.8) is 0 Å². The van der Waals surface area contributed by atoms with Crippen LogP contribution in [0.2, 0.25) is 0 Å². The highest BCUT2D eigenvalue weighted by atomic mass is 16.5. The van der Waals surface area contributed by atoms with E-state index in [0.29, 0.717) is 5.92 Å². The molecule has 19 heavy (non-hydrogen) atoms. The Morgan fingerprint density at radius 3 is 2.89 bits per heavy atom. The van der Waals surface area contributed by atoms with E-state index >= 15 is 0 Å². The Bertz CT molecular complexity index is 581. The number of benzene rings is 1. The van der Waals surface area contributed by atoms with Gasteiger partial charge in [-0.15, -0.1) is 0 Å². The first kappa shape index (κ1) is 12.2. The van der Waals surface area contributed by atoms with Crippen molar-refractivity contribution in [1.29, 1.82) is 0 Å². The molecule has 2 nitrogen and oxygen atoms in total. The van der Waals surface area contributed by atoms with Gasteiger partial charge in [-0.3, -0.25) is 4.79 Å². The molecule has 0 aliphatic heterocycles. The third kappa shape index (κ3) is 2.35. The highest BCUT2D eigenvalue weighted by molar-refractivity contribution is 5.67. The van der Waals surface area contributed by atoms with E-state index in [1.807, 2.05) is 0 Å². The van der Waals surface area contributed by atoms with Gasteiger partial charge in [-0.2, -0.15) is 0 Å². The number of ether oxygens (including phenoxy) is 1. The fraction of sp³-hybridized carbons (Fsp3) is 0.353. The first-order valence-electron chi connectivity index (χ1n) is 6.81. The van der Waals surface area contributed by atoms with Gasteiger partial charge in [-0.25, -0.2) is 0 Å². The molecule has 1 aromatic carbocycles. The Balaban J connectivity index is 1.93. The van der Waals surface area contributed by atoms with Crippen molar-refractivity contribution in [3.05, 3.63) is 52.6 Å². The maximum absolute atomic E-state index is 11.0. The molecular weight excluding hydrogens is 236 g/mol.